The zero-order valence-electron chi connectivity index (χ0n) is 19.7. The molecule has 0 fully saturated rings. The molecule has 0 saturated carbocycles. The van der Waals surface area contributed by atoms with Gasteiger partial charge in [0.05, 0.1) is 34.9 Å². The van der Waals surface area contributed by atoms with E-state index in [1.54, 1.807) is 6.20 Å². The van der Waals surface area contributed by atoms with Crippen molar-refractivity contribution in [2.75, 3.05) is 10.4 Å². The lowest BCUT2D eigenvalue weighted by Gasteiger charge is -2.24. The van der Waals surface area contributed by atoms with Crippen molar-refractivity contribution < 1.29 is 0 Å². The second-order valence-corrected chi connectivity index (χ2v) is 8.73. The quantitative estimate of drug-likeness (QED) is 0.215. The molecule has 0 spiro atoms. The number of hydrazone groups is 2. The van der Waals surface area contributed by atoms with Crippen LogP contribution in [-0.4, -0.2) is 16.9 Å². The van der Waals surface area contributed by atoms with Gasteiger partial charge in [0.25, 0.3) is 0 Å². The molecule has 5 nitrogen and oxygen atoms in total. The molecule has 174 valence electrons. The lowest BCUT2D eigenvalue weighted by molar-refractivity contribution is 0.709. The van der Waals surface area contributed by atoms with Gasteiger partial charge in [-0.3, -0.25) is 15.4 Å². The van der Waals surface area contributed by atoms with Gasteiger partial charge in [0.15, 0.2) is 0 Å². The van der Waals surface area contributed by atoms with Gasteiger partial charge in [-0.15, -0.1) is 0 Å². The lowest BCUT2D eigenvalue weighted by Crippen LogP contribution is -2.18. The fourth-order valence-corrected chi connectivity index (χ4v) is 4.57. The number of hydrogen-bond donors (Lipinski definition) is 1. The highest BCUT2D eigenvalue weighted by Gasteiger charge is 2.29. The lowest BCUT2D eigenvalue weighted by atomic mass is 9.98. The van der Waals surface area contributed by atoms with E-state index >= 15 is 0 Å². The van der Waals surface area contributed by atoms with Crippen LogP contribution in [0.25, 0.3) is 10.9 Å². The first-order chi connectivity index (χ1) is 17.8. The van der Waals surface area contributed by atoms with Crippen LogP contribution in [0.2, 0.25) is 0 Å². The highest BCUT2D eigenvalue weighted by Crippen LogP contribution is 2.36. The van der Waals surface area contributed by atoms with Crippen LogP contribution in [-0.2, 0) is 0 Å². The molecule has 2 heterocycles. The van der Waals surface area contributed by atoms with Crippen molar-refractivity contribution in [2.45, 2.75) is 12.5 Å². The Kier molecular flexibility index (Phi) is 5.94. The number of para-hydroxylation sites is 1. The topological polar surface area (TPSA) is 52.9 Å². The third kappa shape index (κ3) is 4.46. The van der Waals surface area contributed by atoms with Crippen molar-refractivity contribution in [1.29, 1.82) is 0 Å². The number of fused-ring (bicyclic) bond motifs is 1. The summed E-state index contributed by atoms with van der Waals surface area (Å²) < 4.78 is 0. The Labute approximate surface area is 210 Å². The number of hydrogen-bond acceptors (Lipinski definition) is 5. The van der Waals surface area contributed by atoms with Crippen LogP contribution in [0.3, 0.4) is 0 Å². The summed E-state index contributed by atoms with van der Waals surface area (Å²) in [7, 11) is 0. The predicted octanol–water partition coefficient (Wildman–Crippen LogP) is 7.04. The monoisotopic (exact) mass is 467 g/mol. The van der Waals surface area contributed by atoms with Gasteiger partial charge in [0.1, 0.15) is 0 Å². The van der Waals surface area contributed by atoms with Crippen molar-refractivity contribution in [3.63, 3.8) is 0 Å². The van der Waals surface area contributed by atoms with E-state index in [2.05, 4.69) is 99.4 Å². The summed E-state index contributed by atoms with van der Waals surface area (Å²) in [5, 5.41) is 12.7. The second-order valence-electron chi connectivity index (χ2n) is 8.73. The third-order valence-electron chi connectivity index (χ3n) is 6.39. The molecule has 4 aromatic carbocycles. The molecule has 1 aromatic heterocycles. The zero-order valence-corrected chi connectivity index (χ0v) is 19.7. The molecule has 1 aliphatic rings. The van der Waals surface area contributed by atoms with E-state index in [0.717, 1.165) is 40.0 Å². The van der Waals surface area contributed by atoms with Gasteiger partial charge in [0, 0.05) is 18.0 Å². The SMILES string of the molecule is C(=N/Nc1cccc2cccnc12)/c1ccc(N2N=C(c3ccccc3)C[C@H]2c2ccccc2)cc1. The van der Waals surface area contributed by atoms with E-state index in [0.29, 0.717) is 0 Å². The van der Waals surface area contributed by atoms with Crippen molar-refractivity contribution in [3.8, 4) is 0 Å². The van der Waals surface area contributed by atoms with Crippen LogP contribution < -0.4 is 10.4 Å². The van der Waals surface area contributed by atoms with Crippen LogP contribution >= 0.6 is 0 Å². The molecule has 0 amide bonds. The van der Waals surface area contributed by atoms with E-state index < -0.39 is 0 Å². The molecular formula is C31H25N5. The van der Waals surface area contributed by atoms with E-state index in [4.69, 9.17) is 5.10 Å². The Morgan fingerprint density at radius 2 is 1.53 bits per heavy atom. The number of nitrogens with one attached hydrogen (secondary N) is 1. The van der Waals surface area contributed by atoms with Crippen LogP contribution in [0, 0.1) is 0 Å². The molecule has 0 aliphatic carbocycles. The smallest absolute Gasteiger partial charge is 0.0951 e. The van der Waals surface area contributed by atoms with E-state index in [9.17, 15) is 0 Å². The molecule has 0 radical (unpaired) electrons. The number of anilines is 2. The molecule has 0 bridgehead atoms. The molecule has 1 N–H and O–H groups in total. The molecule has 36 heavy (non-hydrogen) atoms. The van der Waals surface area contributed by atoms with Gasteiger partial charge in [-0.05, 0) is 41.0 Å². The number of benzene rings is 4. The number of rotatable bonds is 6. The summed E-state index contributed by atoms with van der Waals surface area (Å²) in [5.74, 6) is 0. The maximum absolute atomic E-state index is 5.04. The van der Waals surface area contributed by atoms with Gasteiger partial charge in [-0.2, -0.15) is 10.2 Å². The summed E-state index contributed by atoms with van der Waals surface area (Å²) in [5.41, 5.74) is 10.5. The normalized spacial score (nSPS) is 15.4. The number of aromatic nitrogens is 1. The van der Waals surface area contributed by atoms with E-state index in [1.165, 1.54) is 11.1 Å². The maximum atomic E-state index is 5.04. The Morgan fingerprint density at radius 1 is 0.778 bits per heavy atom. The van der Waals surface area contributed by atoms with E-state index in [-0.39, 0.29) is 6.04 Å². The summed E-state index contributed by atoms with van der Waals surface area (Å²) in [6.45, 7) is 0. The predicted molar refractivity (Wildman–Crippen MR) is 149 cm³/mol. The average molecular weight is 468 g/mol. The summed E-state index contributed by atoms with van der Waals surface area (Å²) in [6, 6.07) is 39.5. The summed E-state index contributed by atoms with van der Waals surface area (Å²) >= 11 is 0. The zero-order chi connectivity index (χ0) is 24.2. The Morgan fingerprint density at radius 3 is 2.33 bits per heavy atom. The number of pyridine rings is 1. The molecular weight excluding hydrogens is 442 g/mol. The second kappa shape index (κ2) is 9.84. The Hall–Kier alpha value is -4.77. The number of nitrogens with zero attached hydrogens (tertiary/aromatic N) is 4. The van der Waals surface area contributed by atoms with Gasteiger partial charge < -0.3 is 0 Å². The van der Waals surface area contributed by atoms with Crippen LogP contribution in [0.5, 0.6) is 0 Å². The van der Waals surface area contributed by atoms with Crippen molar-refractivity contribution in [2.24, 2.45) is 10.2 Å². The summed E-state index contributed by atoms with van der Waals surface area (Å²) in [6.07, 6.45) is 4.48. The van der Waals surface area contributed by atoms with Crippen molar-refractivity contribution >= 4 is 34.2 Å². The highest BCUT2D eigenvalue weighted by atomic mass is 15.5. The third-order valence-corrected chi connectivity index (χ3v) is 6.39. The van der Waals surface area contributed by atoms with Gasteiger partial charge in [-0.1, -0.05) is 91.0 Å². The van der Waals surface area contributed by atoms with E-state index in [1.807, 2.05) is 42.6 Å². The van der Waals surface area contributed by atoms with Crippen molar-refractivity contribution in [1.82, 2.24) is 4.98 Å². The highest BCUT2D eigenvalue weighted by molar-refractivity contribution is 6.03. The molecule has 6 rings (SSSR count). The fraction of sp³-hybridized carbons (Fsp3) is 0.0645. The maximum Gasteiger partial charge on any atom is 0.0951 e. The minimum Gasteiger partial charge on any atom is -0.276 e. The van der Waals surface area contributed by atoms with Crippen LogP contribution in [0.4, 0.5) is 11.4 Å². The van der Waals surface area contributed by atoms with Crippen LogP contribution in [0.1, 0.15) is 29.2 Å². The first-order valence-corrected chi connectivity index (χ1v) is 12.1. The minimum atomic E-state index is 0.154. The van der Waals surface area contributed by atoms with Gasteiger partial charge in [0.2, 0.25) is 0 Å². The molecule has 1 atom stereocenters. The summed E-state index contributed by atoms with van der Waals surface area (Å²) in [4.78, 5) is 4.47. The molecule has 5 aromatic rings. The molecule has 0 saturated heterocycles. The standard InChI is InChI=1S/C31H25N5/c1-3-9-24(10-4-1)29-21-30(25-11-5-2-6-12-25)36(35-29)27-18-16-23(17-19-27)22-33-34-28-15-7-13-26-14-8-20-32-31(26)28/h1-20,22,30,34H,21H2/b33-22-/t30-/m0/s1. The average Bonchev–Trinajstić information content (AvgIpc) is 3.40. The fourth-order valence-electron chi connectivity index (χ4n) is 4.57. The first-order valence-electron chi connectivity index (χ1n) is 12.1. The first kappa shape index (κ1) is 21.7. The minimum absolute atomic E-state index is 0.154. The molecule has 1 aliphatic heterocycles. The molecule has 0 unspecified atom stereocenters. The van der Waals surface area contributed by atoms with Crippen LogP contribution in [0.15, 0.2) is 132 Å². The Bertz CT molecular complexity index is 1520. The van der Waals surface area contributed by atoms with Gasteiger partial charge >= 0.3 is 0 Å². The van der Waals surface area contributed by atoms with Crippen molar-refractivity contribution in [3.05, 3.63) is 138 Å². The Balaban J connectivity index is 1.23. The molecule has 5 heteroatoms. The van der Waals surface area contributed by atoms with Gasteiger partial charge in [-0.25, -0.2) is 0 Å². The largest absolute Gasteiger partial charge is 0.276 e.